The molecule has 30 heavy (non-hydrogen) atoms. The van der Waals surface area contributed by atoms with Crippen LogP contribution in [0.5, 0.6) is 0 Å². The van der Waals surface area contributed by atoms with Crippen molar-refractivity contribution in [1.82, 2.24) is 9.29 Å². The number of nitrogens with zero attached hydrogens (tertiary/aromatic N) is 2. The molecule has 0 saturated carbocycles. The molecule has 6 nitrogen and oxygen atoms in total. The van der Waals surface area contributed by atoms with Gasteiger partial charge in [-0.15, -0.1) is 11.3 Å². The number of thiazole rings is 1. The molecule has 1 saturated heterocycles. The second-order valence-corrected chi connectivity index (χ2v) is 9.96. The van der Waals surface area contributed by atoms with Crippen LogP contribution in [0.4, 0.5) is 9.52 Å². The van der Waals surface area contributed by atoms with Crippen LogP contribution in [0.15, 0.2) is 52.7 Å². The van der Waals surface area contributed by atoms with Gasteiger partial charge in [0.1, 0.15) is 5.82 Å². The van der Waals surface area contributed by atoms with E-state index in [9.17, 15) is 17.6 Å². The lowest BCUT2D eigenvalue weighted by Crippen LogP contribution is -2.28. The highest BCUT2D eigenvalue weighted by atomic mass is 35.5. The van der Waals surface area contributed by atoms with Crippen molar-refractivity contribution >= 4 is 44.0 Å². The monoisotopic (exact) mass is 465 g/mol. The van der Waals surface area contributed by atoms with Gasteiger partial charge in [-0.2, -0.15) is 4.31 Å². The van der Waals surface area contributed by atoms with Crippen LogP contribution >= 0.6 is 22.9 Å². The molecule has 0 radical (unpaired) electrons. The molecule has 1 aromatic heterocycles. The predicted molar refractivity (Wildman–Crippen MR) is 115 cm³/mol. The second-order valence-electron chi connectivity index (χ2n) is 6.76. The maximum absolute atomic E-state index is 13.4. The topological polar surface area (TPSA) is 79.4 Å². The van der Waals surface area contributed by atoms with Crippen LogP contribution in [-0.4, -0.2) is 36.7 Å². The summed E-state index contributed by atoms with van der Waals surface area (Å²) in [5, 5.41) is 4.76. The number of amides is 1. The first-order chi connectivity index (χ1) is 14.3. The van der Waals surface area contributed by atoms with Crippen molar-refractivity contribution < 1.29 is 17.6 Å². The van der Waals surface area contributed by atoms with Crippen LogP contribution in [0.1, 0.15) is 23.2 Å². The number of carbonyl (C=O) groups is 1. The Morgan fingerprint density at radius 1 is 1.17 bits per heavy atom. The first-order valence-electron chi connectivity index (χ1n) is 9.17. The van der Waals surface area contributed by atoms with Gasteiger partial charge in [0, 0.05) is 24.0 Å². The third-order valence-electron chi connectivity index (χ3n) is 4.73. The lowest BCUT2D eigenvalue weighted by atomic mass is 10.2. The Kier molecular flexibility index (Phi) is 5.88. The molecule has 4 rings (SSSR count). The standard InChI is InChI=1S/C20H17ClFN3O3S2/c21-17-7-6-15(30(27,28)25-8-1-2-9-25)11-16(17)19(26)24-20-23-18(12-29-20)13-4-3-5-14(22)10-13/h3-7,10-12H,1-2,8-9H2,(H,23,24,26). The first kappa shape index (κ1) is 20.9. The molecule has 0 atom stereocenters. The Morgan fingerprint density at radius 2 is 1.93 bits per heavy atom. The van der Waals surface area contributed by atoms with Crippen molar-refractivity contribution in [3.05, 3.63) is 64.2 Å². The summed E-state index contributed by atoms with van der Waals surface area (Å²) in [5.41, 5.74) is 1.15. The minimum absolute atomic E-state index is 0.0264. The van der Waals surface area contributed by atoms with Gasteiger partial charge in [0.05, 0.1) is 21.2 Å². The molecule has 1 amide bonds. The molecule has 2 aromatic carbocycles. The maximum atomic E-state index is 13.4. The minimum Gasteiger partial charge on any atom is -0.298 e. The summed E-state index contributed by atoms with van der Waals surface area (Å²) in [6.07, 6.45) is 1.63. The second kappa shape index (κ2) is 8.43. The van der Waals surface area contributed by atoms with Crippen LogP contribution in [-0.2, 0) is 10.0 Å². The third-order valence-corrected chi connectivity index (χ3v) is 7.71. The van der Waals surface area contributed by atoms with Crippen LogP contribution in [0, 0.1) is 5.82 Å². The molecule has 0 aliphatic carbocycles. The zero-order chi connectivity index (χ0) is 21.3. The summed E-state index contributed by atoms with van der Waals surface area (Å²) < 4.78 is 40.4. The zero-order valence-corrected chi connectivity index (χ0v) is 18.0. The molecule has 3 aromatic rings. The van der Waals surface area contributed by atoms with Gasteiger partial charge in [0.15, 0.2) is 5.13 Å². The van der Waals surface area contributed by atoms with E-state index in [4.69, 9.17) is 11.6 Å². The van der Waals surface area contributed by atoms with E-state index in [2.05, 4.69) is 10.3 Å². The number of sulfonamides is 1. The smallest absolute Gasteiger partial charge is 0.259 e. The average Bonchev–Trinajstić information content (AvgIpc) is 3.41. The molecule has 0 unspecified atom stereocenters. The number of hydrogen-bond donors (Lipinski definition) is 1. The summed E-state index contributed by atoms with van der Waals surface area (Å²) in [4.78, 5) is 17.1. The molecule has 0 spiro atoms. The Bertz CT molecular complexity index is 1210. The Morgan fingerprint density at radius 3 is 2.67 bits per heavy atom. The summed E-state index contributed by atoms with van der Waals surface area (Å²) in [6.45, 7) is 0.933. The normalized spacial score (nSPS) is 14.7. The molecule has 1 N–H and O–H groups in total. The van der Waals surface area contributed by atoms with E-state index in [1.807, 2.05) is 0 Å². The van der Waals surface area contributed by atoms with Crippen LogP contribution in [0.2, 0.25) is 5.02 Å². The molecule has 1 aliphatic rings. The number of benzene rings is 2. The SMILES string of the molecule is O=C(Nc1nc(-c2cccc(F)c2)cs1)c1cc(S(=O)(=O)N2CCCC2)ccc1Cl. The summed E-state index contributed by atoms with van der Waals surface area (Å²) in [6, 6.07) is 10.1. The number of carbonyl (C=O) groups excluding carboxylic acids is 1. The third kappa shape index (κ3) is 4.24. The molecule has 2 heterocycles. The highest BCUT2D eigenvalue weighted by Crippen LogP contribution is 2.28. The molecular formula is C20H17ClFN3O3S2. The summed E-state index contributed by atoms with van der Waals surface area (Å²) >= 11 is 7.33. The molecule has 10 heteroatoms. The van der Waals surface area contributed by atoms with Gasteiger partial charge in [-0.3, -0.25) is 10.1 Å². The fraction of sp³-hybridized carbons (Fsp3) is 0.200. The number of nitrogens with one attached hydrogen (secondary N) is 1. The van der Waals surface area contributed by atoms with Crippen molar-refractivity contribution in [3.8, 4) is 11.3 Å². The highest BCUT2D eigenvalue weighted by Gasteiger charge is 2.28. The largest absolute Gasteiger partial charge is 0.298 e. The Balaban J connectivity index is 1.57. The van der Waals surface area contributed by atoms with Crippen molar-refractivity contribution in [2.45, 2.75) is 17.7 Å². The van der Waals surface area contributed by atoms with Crippen molar-refractivity contribution in [1.29, 1.82) is 0 Å². The van der Waals surface area contributed by atoms with Crippen molar-refractivity contribution in [2.24, 2.45) is 0 Å². The van der Waals surface area contributed by atoms with E-state index in [1.54, 1.807) is 17.5 Å². The number of anilines is 1. The van der Waals surface area contributed by atoms with Crippen molar-refractivity contribution in [2.75, 3.05) is 18.4 Å². The lowest BCUT2D eigenvalue weighted by Gasteiger charge is -2.16. The van der Waals surface area contributed by atoms with Crippen LogP contribution < -0.4 is 5.32 Å². The Labute approximate surface area is 182 Å². The van der Waals surface area contributed by atoms with E-state index in [1.165, 1.54) is 46.0 Å². The zero-order valence-electron chi connectivity index (χ0n) is 15.6. The molecular weight excluding hydrogens is 449 g/mol. The van der Waals surface area contributed by atoms with Crippen LogP contribution in [0.3, 0.4) is 0 Å². The van der Waals surface area contributed by atoms with E-state index >= 15 is 0 Å². The number of halogens is 2. The number of rotatable bonds is 5. The minimum atomic E-state index is -3.67. The quantitative estimate of drug-likeness (QED) is 0.595. The molecule has 156 valence electrons. The van der Waals surface area contributed by atoms with Gasteiger partial charge in [-0.25, -0.2) is 17.8 Å². The average molecular weight is 466 g/mol. The predicted octanol–water partition coefficient (Wildman–Crippen LogP) is 4.64. The summed E-state index contributed by atoms with van der Waals surface area (Å²) in [7, 11) is -3.67. The van der Waals surface area contributed by atoms with Crippen LogP contribution in [0.25, 0.3) is 11.3 Å². The van der Waals surface area contributed by atoms with Gasteiger partial charge in [0.2, 0.25) is 10.0 Å². The fourth-order valence-corrected chi connectivity index (χ4v) is 5.65. The van der Waals surface area contributed by atoms with Crippen molar-refractivity contribution in [3.63, 3.8) is 0 Å². The van der Waals surface area contributed by atoms with E-state index in [-0.39, 0.29) is 21.3 Å². The maximum Gasteiger partial charge on any atom is 0.259 e. The van der Waals surface area contributed by atoms with Gasteiger partial charge >= 0.3 is 0 Å². The van der Waals surface area contributed by atoms with Gasteiger partial charge in [-0.05, 0) is 43.2 Å². The van der Waals surface area contributed by atoms with E-state index in [0.717, 1.165) is 12.8 Å². The molecule has 0 bridgehead atoms. The molecule has 1 aliphatic heterocycles. The fourth-order valence-electron chi connectivity index (χ4n) is 3.19. The summed E-state index contributed by atoms with van der Waals surface area (Å²) in [5.74, 6) is -0.951. The van der Waals surface area contributed by atoms with E-state index < -0.39 is 15.9 Å². The number of aromatic nitrogens is 1. The van der Waals surface area contributed by atoms with Gasteiger partial charge < -0.3 is 0 Å². The molecule has 1 fully saturated rings. The van der Waals surface area contributed by atoms with Gasteiger partial charge in [0.25, 0.3) is 5.91 Å². The highest BCUT2D eigenvalue weighted by molar-refractivity contribution is 7.89. The van der Waals surface area contributed by atoms with Gasteiger partial charge in [-0.1, -0.05) is 23.7 Å². The van der Waals surface area contributed by atoms with E-state index in [0.29, 0.717) is 29.5 Å². The lowest BCUT2D eigenvalue weighted by molar-refractivity contribution is 0.102. The number of hydrogen-bond acceptors (Lipinski definition) is 5. The first-order valence-corrected chi connectivity index (χ1v) is 11.9. The Hall–Kier alpha value is -2.33.